The molecule has 1 saturated heterocycles. The fourth-order valence-electron chi connectivity index (χ4n) is 9.12. The molecule has 90 heavy (non-hydrogen) atoms. The molecule has 0 saturated carbocycles. The zero-order valence-corrected chi connectivity index (χ0v) is 53.1. The molecule has 0 aliphatic carbocycles. The van der Waals surface area contributed by atoms with Gasteiger partial charge in [0.1, 0.15) is 60.4 Å². The zero-order valence-electron chi connectivity index (χ0n) is 52.3. The summed E-state index contributed by atoms with van der Waals surface area (Å²) in [5.74, 6) is -9.45. The van der Waals surface area contributed by atoms with Crippen LogP contribution in [-0.4, -0.2) is 205 Å². The van der Waals surface area contributed by atoms with Crippen molar-refractivity contribution in [2.24, 2.45) is 40.5 Å². The van der Waals surface area contributed by atoms with E-state index in [2.05, 4.69) is 72.3 Å². The van der Waals surface area contributed by atoms with Crippen LogP contribution in [-0.2, 0) is 69.6 Å². The number of benzene rings is 1. The molecular formula is C56H100N16O17S. The van der Waals surface area contributed by atoms with Gasteiger partial charge >= 0.3 is 10.4 Å². The number of carbonyl (C=O) groups is 11. The lowest BCUT2D eigenvalue weighted by Gasteiger charge is -2.29. The Balaban J connectivity index is 0.00000776. The monoisotopic (exact) mass is 1300 g/mol. The Labute approximate surface area is 525 Å². The Morgan fingerprint density at radius 3 is 1.52 bits per heavy atom. The zero-order chi connectivity index (χ0) is 68.3. The highest BCUT2D eigenvalue weighted by atomic mass is 32.3. The lowest BCUT2D eigenvalue weighted by Crippen LogP contribution is -2.62. The molecule has 1 fully saturated rings. The first-order valence-corrected chi connectivity index (χ1v) is 31.6. The molecule has 13 unspecified atom stereocenters. The van der Waals surface area contributed by atoms with E-state index in [4.69, 9.17) is 46.2 Å². The van der Waals surface area contributed by atoms with Gasteiger partial charge in [-0.2, -0.15) is 8.42 Å². The second-order valence-corrected chi connectivity index (χ2v) is 23.4. The smallest absolute Gasteiger partial charge is 0.391 e. The number of unbranched alkanes of at least 4 members (excludes halogenated alkanes) is 1. The lowest BCUT2D eigenvalue weighted by atomic mass is 10.00. The van der Waals surface area contributed by atoms with Crippen LogP contribution in [0.4, 0.5) is 0 Å². The third kappa shape index (κ3) is 32.1. The average molecular weight is 1300 g/mol. The van der Waals surface area contributed by atoms with Crippen molar-refractivity contribution in [2.45, 2.75) is 198 Å². The van der Waals surface area contributed by atoms with Crippen molar-refractivity contribution in [1.82, 2.24) is 58.5 Å². The molecule has 0 radical (unpaired) electrons. The molecule has 25 N–H and O–H groups in total. The van der Waals surface area contributed by atoms with Crippen LogP contribution in [0.1, 0.15) is 124 Å². The molecule has 33 nitrogen and oxygen atoms in total. The van der Waals surface area contributed by atoms with E-state index < -0.39 is 161 Å². The Morgan fingerprint density at radius 2 is 1.04 bits per heavy atom. The first-order valence-electron chi connectivity index (χ1n) is 30.2. The van der Waals surface area contributed by atoms with Crippen LogP contribution in [0.5, 0.6) is 0 Å². The first-order chi connectivity index (χ1) is 42.3. The van der Waals surface area contributed by atoms with Crippen LogP contribution in [0.15, 0.2) is 30.3 Å². The number of nitrogens with one attached hydrogen (secondary N) is 11. The van der Waals surface area contributed by atoms with Crippen LogP contribution < -0.4 is 87.2 Å². The maximum atomic E-state index is 14.5. The summed E-state index contributed by atoms with van der Waals surface area (Å²) in [5, 5.41) is 49.7. The van der Waals surface area contributed by atoms with E-state index in [0.717, 1.165) is 19.3 Å². The molecule has 11 amide bonds. The minimum absolute atomic E-state index is 0.0173. The summed E-state index contributed by atoms with van der Waals surface area (Å²) in [6, 6.07) is -6.23. The molecule has 0 aromatic heterocycles. The third-order valence-electron chi connectivity index (χ3n) is 14.3. The van der Waals surface area contributed by atoms with Gasteiger partial charge in [-0.1, -0.05) is 77.3 Å². The molecule has 13 atom stereocenters. The van der Waals surface area contributed by atoms with E-state index in [1.807, 2.05) is 0 Å². The van der Waals surface area contributed by atoms with Crippen LogP contribution in [0.2, 0.25) is 0 Å². The highest BCUT2D eigenvalue weighted by Crippen LogP contribution is 2.14. The van der Waals surface area contributed by atoms with Gasteiger partial charge in [0.15, 0.2) is 0 Å². The van der Waals surface area contributed by atoms with E-state index in [-0.39, 0.29) is 90.0 Å². The molecule has 1 heterocycles. The summed E-state index contributed by atoms with van der Waals surface area (Å²) in [6.45, 7) is 9.00. The average Bonchev–Trinajstić information content (AvgIpc) is 1.33. The summed E-state index contributed by atoms with van der Waals surface area (Å²) in [5.41, 5.74) is 29.9. The van der Waals surface area contributed by atoms with Gasteiger partial charge in [0, 0.05) is 19.4 Å². The van der Waals surface area contributed by atoms with E-state index in [0.29, 0.717) is 17.9 Å². The summed E-state index contributed by atoms with van der Waals surface area (Å²) >= 11 is 0. The number of carbonyl (C=O) groups excluding carboxylic acids is 11. The molecule has 0 bridgehead atoms. The predicted octanol–water partition coefficient (Wildman–Crippen LogP) is -5.90. The number of nitrogens with two attached hydrogens (primary N) is 5. The normalized spacial score (nSPS) is 22.3. The van der Waals surface area contributed by atoms with Crippen LogP contribution in [0.25, 0.3) is 0 Å². The maximum Gasteiger partial charge on any atom is 0.394 e. The maximum absolute atomic E-state index is 14.5. The Bertz CT molecular complexity index is 2560. The number of aliphatic hydroxyl groups is 2. The van der Waals surface area contributed by atoms with Gasteiger partial charge in [-0.15, -0.1) is 0 Å². The lowest BCUT2D eigenvalue weighted by molar-refractivity contribution is -0.137. The molecule has 512 valence electrons. The fraction of sp³-hybridized carbons (Fsp3) is 0.696. The Hall–Kier alpha value is -7.02. The van der Waals surface area contributed by atoms with Crippen molar-refractivity contribution in [3.05, 3.63) is 35.9 Å². The quantitative estimate of drug-likeness (QED) is 0.0262. The number of hydrogen-bond acceptors (Lipinski definition) is 20. The van der Waals surface area contributed by atoms with Crippen LogP contribution in [0, 0.1) is 11.8 Å². The van der Waals surface area contributed by atoms with Gasteiger partial charge in [-0.25, -0.2) is 0 Å². The van der Waals surface area contributed by atoms with E-state index in [1.54, 1.807) is 44.2 Å². The van der Waals surface area contributed by atoms with Crippen molar-refractivity contribution in [3.63, 3.8) is 0 Å². The number of amides is 11. The van der Waals surface area contributed by atoms with Gasteiger partial charge in [-0.05, 0) is 115 Å². The number of rotatable bonds is 29. The van der Waals surface area contributed by atoms with Crippen molar-refractivity contribution in [1.29, 1.82) is 0 Å². The standard InChI is InChI=1S/C56H98N16O13.H2O4S/c1-7-32(4)13-11-12-16-44(75)63-36(17-23-57)51(80)72-46(34(6)74)56(85)68-39(20-26-60)48(77)67-41-22-28-62-55(84)45(33(5)73)71-52(81)40(21-27-61)65-47(76)37(18-24-58)66-53(82)42(29-31(2)3)69-54(83)43(30-35-14-9-8-10-15-35)70-49(78)38(19-25-59)64-50(41)79;1-5(2,3)4/h8-10,14-15,31-34,36-43,45-46,73-74H,7,11-13,16-30,57-61H2,1-6H3,(H,62,84)(H,63,75)(H,64,79)(H,65,76)(H,66,82)(H,67,77)(H,68,85)(H,69,83)(H,70,78)(H,71,81)(H,72,80);(H2,1,2,3,4). The molecule has 34 heteroatoms. The predicted molar refractivity (Wildman–Crippen MR) is 330 cm³/mol. The minimum Gasteiger partial charge on any atom is -0.391 e. The summed E-state index contributed by atoms with van der Waals surface area (Å²) in [7, 11) is -4.67. The summed E-state index contributed by atoms with van der Waals surface area (Å²) in [4.78, 5) is 154. The Morgan fingerprint density at radius 1 is 0.578 bits per heavy atom. The largest absolute Gasteiger partial charge is 0.394 e. The fourth-order valence-corrected chi connectivity index (χ4v) is 9.12. The molecule has 1 aliphatic heterocycles. The topological polar surface area (TPSA) is 565 Å². The van der Waals surface area contributed by atoms with Gasteiger partial charge in [0.05, 0.1) is 12.2 Å². The highest BCUT2D eigenvalue weighted by molar-refractivity contribution is 7.79. The van der Waals surface area contributed by atoms with Crippen molar-refractivity contribution in [3.8, 4) is 0 Å². The Kier molecular flexibility index (Phi) is 38.6. The van der Waals surface area contributed by atoms with E-state index in [1.165, 1.54) is 13.8 Å². The van der Waals surface area contributed by atoms with Crippen LogP contribution in [0.3, 0.4) is 0 Å². The molecule has 0 spiro atoms. The SMILES string of the molecule is CCC(C)CCCCC(=O)NC(CCN)C(=O)NC(C(=O)NC(CCN)C(=O)NC1CCNC(=O)C(C(C)O)NC(=O)C(CCN)NC(=O)C(CCN)NC(=O)C(CC(C)C)NC(=O)C(Cc2ccccc2)NC(=O)C(CCN)NC1=O)C(C)O.O=S(=O)(O)O. The molecule has 2 rings (SSSR count). The van der Waals surface area contributed by atoms with Gasteiger partial charge < -0.3 is 97.4 Å². The second-order valence-electron chi connectivity index (χ2n) is 22.5. The van der Waals surface area contributed by atoms with Gasteiger partial charge in [0.2, 0.25) is 65.0 Å². The van der Waals surface area contributed by atoms with E-state index in [9.17, 15) is 63.0 Å². The number of hydrogen-bond donors (Lipinski definition) is 20. The summed E-state index contributed by atoms with van der Waals surface area (Å²) < 4.78 is 31.6. The number of aliphatic hydroxyl groups excluding tert-OH is 2. The highest BCUT2D eigenvalue weighted by Gasteiger charge is 2.37. The van der Waals surface area contributed by atoms with Crippen molar-refractivity contribution < 1.29 is 80.5 Å². The molecular weight excluding hydrogens is 1200 g/mol. The first kappa shape index (κ1) is 81.0. The van der Waals surface area contributed by atoms with Crippen molar-refractivity contribution in [2.75, 3.05) is 39.3 Å². The third-order valence-corrected chi connectivity index (χ3v) is 14.3. The molecule has 1 aliphatic rings. The second kappa shape index (κ2) is 42.9. The minimum atomic E-state index is -4.67. The molecule has 1 aromatic rings. The van der Waals surface area contributed by atoms with Gasteiger partial charge in [-0.3, -0.25) is 61.8 Å². The van der Waals surface area contributed by atoms with Crippen molar-refractivity contribution >= 4 is 75.4 Å². The summed E-state index contributed by atoms with van der Waals surface area (Å²) in [6.07, 6.45) is -1.05. The van der Waals surface area contributed by atoms with Crippen LogP contribution >= 0.6 is 0 Å². The molecule has 1 aromatic carbocycles. The van der Waals surface area contributed by atoms with E-state index >= 15 is 0 Å². The van der Waals surface area contributed by atoms with Gasteiger partial charge in [0.25, 0.3) is 0 Å².